The van der Waals surface area contributed by atoms with Gasteiger partial charge in [0.25, 0.3) is 0 Å². The van der Waals surface area contributed by atoms with E-state index in [-0.39, 0.29) is 6.09 Å². The Bertz CT molecular complexity index is 367. The number of rotatable bonds is 2. The summed E-state index contributed by atoms with van der Waals surface area (Å²) in [5, 5.41) is 2.74. The highest BCUT2D eigenvalue weighted by Gasteiger charge is 2.15. The summed E-state index contributed by atoms with van der Waals surface area (Å²) in [5.41, 5.74) is 1.82. The van der Waals surface area contributed by atoms with E-state index in [2.05, 4.69) is 5.32 Å². The maximum Gasteiger partial charge on any atom is 0.407 e. The van der Waals surface area contributed by atoms with Crippen molar-refractivity contribution in [2.45, 2.75) is 53.7 Å². The van der Waals surface area contributed by atoms with Crippen molar-refractivity contribution in [3.63, 3.8) is 0 Å². The molecule has 1 aromatic carbocycles. The number of carbonyl (C=O) groups excluding carboxylic acids is 1. The van der Waals surface area contributed by atoms with Crippen LogP contribution in [-0.4, -0.2) is 11.7 Å². The lowest BCUT2D eigenvalue weighted by Crippen LogP contribution is -2.32. The van der Waals surface area contributed by atoms with E-state index in [1.807, 2.05) is 65.8 Å². The molecule has 18 heavy (non-hydrogen) atoms. The first-order chi connectivity index (χ1) is 8.38. The van der Waals surface area contributed by atoms with Crippen LogP contribution in [-0.2, 0) is 11.3 Å². The largest absolute Gasteiger partial charge is 0.444 e. The minimum absolute atomic E-state index is 0.379. The van der Waals surface area contributed by atoms with Crippen molar-refractivity contribution in [2.24, 2.45) is 0 Å². The Kier molecular flexibility index (Phi) is 7.10. The van der Waals surface area contributed by atoms with Gasteiger partial charge < -0.3 is 10.1 Å². The second-order valence-corrected chi connectivity index (χ2v) is 4.78. The van der Waals surface area contributed by atoms with Gasteiger partial charge in [-0.3, -0.25) is 0 Å². The van der Waals surface area contributed by atoms with Gasteiger partial charge in [-0.15, -0.1) is 0 Å². The zero-order valence-electron chi connectivity index (χ0n) is 12.3. The van der Waals surface area contributed by atoms with Gasteiger partial charge in [-0.25, -0.2) is 4.79 Å². The molecule has 0 fully saturated rings. The van der Waals surface area contributed by atoms with E-state index >= 15 is 0 Å². The highest BCUT2D eigenvalue weighted by molar-refractivity contribution is 5.67. The number of alkyl carbamates (subject to hydrolysis) is 1. The molecule has 0 aliphatic rings. The summed E-state index contributed by atoms with van der Waals surface area (Å²) < 4.78 is 5.15. The van der Waals surface area contributed by atoms with Crippen molar-refractivity contribution < 1.29 is 9.53 Å². The molecule has 0 bridgehead atoms. The molecule has 0 heterocycles. The molecule has 1 N–H and O–H groups in total. The normalized spacial score (nSPS) is 10.1. The monoisotopic (exact) mass is 251 g/mol. The molecule has 3 heteroatoms. The summed E-state index contributed by atoms with van der Waals surface area (Å²) in [4.78, 5) is 11.4. The lowest BCUT2D eigenvalue weighted by Gasteiger charge is -2.19. The van der Waals surface area contributed by atoms with Crippen molar-refractivity contribution in [1.82, 2.24) is 5.32 Å². The standard InChI is InChI=1S/C13H19NO2.C2H6/c1-10-7-5-6-8-11(10)9-14-12(15)16-13(2,3)4;1-2/h5-8H,9H2,1-4H3,(H,14,15);1-2H3. The van der Waals surface area contributed by atoms with Gasteiger partial charge in [-0.2, -0.15) is 0 Å². The average molecular weight is 251 g/mol. The van der Waals surface area contributed by atoms with Gasteiger partial charge in [-0.05, 0) is 38.8 Å². The minimum Gasteiger partial charge on any atom is -0.444 e. The van der Waals surface area contributed by atoms with E-state index in [1.165, 1.54) is 5.56 Å². The first kappa shape index (κ1) is 16.5. The lowest BCUT2D eigenvalue weighted by molar-refractivity contribution is 0.0523. The van der Waals surface area contributed by atoms with Gasteiger partial charge in [-0.1, -0.05) is 38.1 Å². The second kappa shape index (κ2) is 7.75. The SMILES string of the molecule is CC.Cc1ccccc1CNC(=O)OC(C)(C)C. The molecule has 0 spiro atoms. The predicted molar refractivity (Wildman–Crippen MR) is 75.6 cm³/mol. The second-order valence-electron chi connectivity index (χ2n) is 4.78. The smallest absolute Gasteiger partial charge is 0.407 e. The van der Waals surface area contributed by atoms with Crippen LogP contribution in [0.4, 0.5) is 4.79 Å². The molecule has 0 atom stereocenters. The third-order valence-corrected chi connectivity index (χ3v) is 2.08. The van der Waals surface area contributed by atoms with E-state index < -0.39 is 5.60 Å². The summed E-state index contributed by atoms with van der Waals surface area (Å²) >= 11 is 0. The molecule has 1 amide bonds. The Hall–Kier alpha value is -1.51. The fourth-order valence-corrected chi connectivity index (χ4v) is 1.29. The lowest BCUT2D eigenvalue weighted by atomic mass is 10.1. The third kappa shape index (κ3) is 6.94. The highest BCUT2D eigenvalue weighted by Crippen LogP contribution is 2.08. The molecule has 1 rings (SSSR count). The van der Waals surface area contributed by atoms with Crippen LogP contribution in [0.3, 0.4) is 0 Å². The topological polar surface area (TPSA) is 38.3 Å². The van der Waals surface area contributed by atoms with Crippen LogP contribution in [0, 0.1) is 6.92 Å². The number of amides is 1. The number of nitrogens with one attached hydrogen (secondary N) is 1. The van der Waals surface area contributed by atoms with Crippen LogP contribution in [0.2, 0.25) is 0 Å². The Balaban J connectivity index is 0.00000137. The molecule has 0 radical (unpaired) electrons. The van der Waals surface area contributed by atoms with E-state index in [0.717, 1.165) is 5.56 Å². The summed E-state index contributed by atoms with van der Waals surface area (Å²) in [7, 11) is 0. The van der Waals surface area contributed by atoms with E-state index in [4.69, 9.17) is 4.74 Å². The Morgan fingerprint density at radius 1 is 1.22 bits per heavy atom. The number of carbonyl (C=O) groups is 1. The molecule has 102 valence electrons. The molecular weight excluding hydrogens is 226 g/mol. The average Bonchev–Trinajstić information content (AvgIpc) is 2.28. The first-order valence-electron chi connectivity index (χ1n) is 6.40. The number of benzene rings is 1. The van der Waals surface area contributed by atoms with Crippen LogP contribution < -0.4 is 5.32 Å². The summed E-state index contributed by atoms with van der Waals surface area (Å²) in [6.45, 7) is 12.1. The number of hydrogen-bond acceptors (Lipinski definition) is 2. The van der Waals surface area contributed by atoms with Gasteiger partial charge in [0.15, 0.2) is 0 Å². The fraction of sp³-hybridized carbons (Fsp3) is 0.533. The zero-order valence-corrected chi connectivity index (χ0v) is 12.3. The maximum atomic E-state index is 11.4. The van der Waals surface area contributed by atoms with Crippen LogP contribution in [0.1, 0.15) is 45.7 Å². The minimum atomic E-state index is -0.449. The van der Waals surface area contributed by atoms with Crippen molar-refractivity contribution in [3.8, 4) is 0 Å². The van der Waals surface area contributed by atoms with Crippen LogP contribution >= 0.6 is 0 Å². The molecule has 0 aliphatic heterocycles. The van der Waals surface area contributed by atoms with Gasteiger partial charge in [0, 0.05) is 6.54 Å². The Labute approximate surface area is 111 Å². The summed E-state index contributed by atoms with van der Waals surface area (Å²) in [5.74, 6) is 0. The third-order valence-electron chi connectivity index (χ3n) is 2.08. The quantitative estimate of drug-likeness (QED) is 0.861. The Morgan fingerprint density at radius 3 is 2.28 bits per heavy atom. The number of ether oxygens (including phenoxy) is 1. The van der Waals surface area contributed by atoms with Gasteiger partial charge >= 0.3 is 6.09 Å². The highest BCUT2D eigenvalue weighted by atomic mass is 16.6. The molecule has 3 nitrogen and oxygen atoms in total. The molecule has 0 aliphatic carbocycles. The van der Waals surface area contributed by atoms with Crippen molar-refractivity contribution in [2.75, 3.05) is 0 Å². The molecule has 0 saturated carbocycles. The van der Waals surface area contributed by atoms with Gasteiger partial charge in [0.2, 0.25) is 0 Å². The van der Waals surface area contributed by atoms with E-state index in [1.54, 1.807) is 0 Å². The fourth-order valence-electron chi connectivity index (χ4n) is 1.29. The zero-order chi connectivity index (χ0) is 14.2. The molecular formula is C15H25NO2. The van der Waals surface area contributed by atoms with Crippen molar-refractivity contribution in [3.05, 3.63) is 35.4 Å². The van der Waals surface area contributed by atoms with Crippen molar-refractivity contribution >= 4 is 6.09 Å². The predicted octanol–water partition coefficient (Wildman–Crippen LogP) is 4.05. The molecule has 0 aromatic heterocycles. The van der Waals surface area contributed by atoms with E-state index in [0.29, 0.717) is 6.54 Å². The molecule has 1 aromatic rings. The summed E-state index contributed by atoms with van der Waals surface area (Å²) in [6, 6.07) is 7.95. The molecule has 0 saturated heterocycles. The Morgan fingerprint density at radius 2 is 1.78 bits per heavy atom. The van der Waals surface area contributed by atoms with Crippen LogP contribution in [0.15, 0.2) is 24.3 Å². The number of aryl methyl sites for hydroxylation is 1. The van der Waals surface area contributed by atoms with Gasteiger partial charge in [0.05, 0.1) is 0 Å². The number of hydrogen-bond donors (Lipinski definition) is 1. The maximum absolute atomic E-state index is 11.4. The van der Waals surface area contributed by atoms with Gasteiger partial charge in [0.1, 0.15) is 5.60 Å². The first-order valence-corrected chi connectivity index (χ1v) is 6.40. The molecule has 0 unspecified atom stereocenters. The van der Waals surface area contributed by atoms with Crippen LogP contribution in [0.5, 0.6) is 0 Å². The van der Waals surface area contributed by atoms with Crippen LogP contribution in [0.25, 0.3) is 0 Å². The van der Waals surface area contributed by atoms with Crippen molar-refractivity contribution in [1.29, 1.82) is 0 Å². The summed E-state index contributed by atoms with van der Waals surface area (Å²) in [6.07, 6.45) is -0.379. The van der Waals surface area contributed by atoms with E-state index in [9.17, 15) is 4.79 Å².